The normalized spacial score (nSPS) is 16.9. The zero-order valence-electron chi connectivity index (χ0n) is 12.8. The Balaban J connectivity index is 1.81. The van der Waals surface area contributed by atoms with Crippen LogP contribution in [0.3, 0.4) is 0 Å². The Morgan fingerprint density at radius 2 is 1.90 bits per heavy atom. The summed E-state index contributed by atoms with van der Waals surface area (Å²) in [5.41, 5.74) is 1.51. The van der Waals surface area contributed by atoms with Gasteiger partial charge in [-0.15, -0.1) is 0 Å². The molecular weight excluding hydrogens is 268 g/mol. The van der Waals surface area contributed by atoms with E-state index in [4.69, 9.17) is 9.84 Å². The summed E-state index contributed by atoms with van der Waals surface area (Å²) in [6, 6.07) is 7.01. The minimum Gasteiger partial charge on any atom is -0.478 e. The molecule has 116 valence electrons. The van der Waals surface area contributed by atoms with Gasteiger partial charge in [-0.25, -0.2) is 4.79 Å². The van der Waals surface area contributed by atoms with Crippen molar-refractivity contribution in [1.29, 1.82) is 0 Å². The summed E-state index contributed by atoms with van der Waals surface area (Å²) >= 11 is 0. The van der Waals surface area contributed by atoms with Crippen molar-refractivity contribution in [2.45, 2.75) is 25.9 Å². The first-order valence-electron chi connectivity index (χ1n) is 7.35. The highest BCUT2D eigenvalue weighted by atomic mass is 16.5. The van der Waals surface area contributed by atoms with Crippen LogP contribution in [0.2, 0.25) is 0 Å². The molecule has 2 rings (SSSR count). The van der Waals surface area contributed by atoms with Gasteiger partial charge in [-0.05, 0) is 31.5 Å². The van der Waals surface area contributed by atoms with Crippen molar-refractivity contribution in [3.63, 3.8) is 0 Å². The molecule has 0 atom stereocenters. The Bertz CT molecular complexity index is 465. The fraction of sp³-hybridized carbons (Fsp3) is 0.562. The Kier molecular flexibility index (Phi) is 5.33. The van der Waals surface area contributed by atoms with Crippen molar-refractivity contribution in [2.24, 2.45) is 0 Å². The molecule has 0 unspecified atom stereocenters. The molecule has 0 amide bonds. The second kappa shape index (κ2) is 7.02. The fourth-order valence-corrected chi connectivity index (χ4v) is 2.56. The number of nitrogens with one attached hydrogen (secondary N) is 1. The highest BCUT2D eigenvalue weighted by Crippen LogP contribution is 2.15. The van der Waals surface area contributed by atoms with Crippen LogP contribution in [0.5, 0.6) is 0 Å². The molecule has 0 radical (unpaired) electrons. The zero-order valence-corrected chi connectivity index (χ0v) is 12.8. The Morgan fingerprint density at radius 3 is 2.48 bits per heavy atom. The van der Waals surface area contributed by atoms with Crippen molar-refractivity contribution < 1.29 is 14.6 Å². The molecule has 0 spiro atoms. The lowest BCUT2D eigenvalue weighted by Crippen LogP contribution is -2.54. The molecule has 0 aromatic heterocycles. The van der Waals surface area contributed by atoms with Crippen LogP contribution in [-0.4, -0.2) is 54.4 Å². The fourth-order valence-electron chi connectivity index (χ4n) is 2.56. The number of aromatic carboxylic acids is 1. The largest absolute Gasteiger partial charge is 0.478 e. The van der Waals surface area contributed by atoms with Crippen LogP contribution in [0.1, 0.15) is 29.8 Å². The van der Waals surface area contributed by atoms with E-state index in [2.05, 4.69) is 24.1 Å². The predicted molar refractivity (Wildman–Crippen MR) is 81.6 cm³/mol. The molecule has 1 heterocycles. The second-order valence-electron chi connectivity index (χ2n) is 6.02. The number of carbonyl (C=O) groups is 1. The van der Waals surface area contributed by atoms with E-state index in [0.717, 1.165) is 45.0 Å². The molecule has 2 N–H and O–H groups in total. The number of benzene rings is 1. The molecular formula is C16H24N2O3. The summed E-state index contributed by atoms with van der Waals surface area (Å²) in [5.74, 6) is -0.886. The lowest BCUT2D eigenvalue weighted by Gasteiger charge is -2.41. The van der Waals surface area contributed by atoms with Crippen LogP contribution in [0.15, 0.2) is 24.3 Å². The average molecular weight is 292 g/mol. The predicted octanol–water partition coefficient (Wildman–Crippen LogP) is 1.59. The third-order valence-corrected chi connectivity index (χ3v) is 3.95. The highest BCUT2D eigenvalue weighted by molar-refractivity contribution is 5.87. The quantitative estimate of drug-likeness (QED) is 0.833. The molecule has 0 saturated carbocycles. The zero-order chi connectivity index (χ0) is 15.3. The van der Waals surface area contributed by atoms with Crippen LogP contribution in [0.4, 0.5) is 0 Å². The first-order chi connectivity index (χ1) is 9.99. The third-order valence-electron chi connectivity index (χ3n) is 3.95. The maximum atomic E-state index is 10.8. The lowest BCUT2D eigenvalue weighted by atomic mass is 10.0. The SMILES string of the molecule is CC(C)(CNCc1ccc(C(=O)O)cc1)N1CCOCC1. The first kappa shape index (κ1) is 15.9. The number of hydrogen-bond donors (Lipinski definition) is 2. The van der Waals surface area contributed by atoms with Gasteiger partial charge in [0.2, 0.25) is 0 Å². The summed E-state index contributed by atoms with van der Waals surface area (Å²) < 4.78 is 5.39. The van der Waals surface area contributed by atoms with Gasteiger partial charge in [0.15, 0.2) is 0 Å². The van der Waals surface area contributed by atoms with Gasteiger partial charge in [0.25, 0.3) is 0 Å². The number of ether oxygens (including phenoxy) is 1. The number of nitrogens with zero attached hydrogens (tertiary/aromatic N) is 1. The smallest absolute Gasteiger partial charge is 0.335 e. The molecule has 1 aliphatic heterocycles. The van der Waals surface area contributed by atoms with E-state index < -0.39 is 5.97 Å². The maximum Gasteiger partial charge on any atom is 0.335 e. The van der Waals surface area contributed by atoms with Crippen molar-refractivity contribution in [1.82, 2.24) is 10.2 Å². The summed E-state index contributed by atoms with van der Waals surface area (Å²) in [6.07, 6.45) is 0. The van der Waals surface area contributed by atoms with Crippen molar-refractivity contribution in [2.75, 3.05) is 32.8 Å². The van der Waals surface area contributed by atoms with E-state index in [1.165, 1.54) is 0 Å². The van der Waals surface area contributed by atoms with Gasteiger partial charge in [0.1, 0.15) is 0 Å². The Labute approximate surface area is 125 Å². The Hall–Kier alpha value is -1.43. The minimum absolute atomic E-state index is 0.0881. The second-order valence-corrected chi connectivity index (χ2v) is 6.02. The van der Waals surface area contributed by atoms with Crippen LogP contribution < -0.4 is 5.32 Å². The van der Waals surface area contributed by atoms with Crippen LogP contribution in [-0.2, 0) is 11.3 Å². The number of rotatable bonds is 6. The molecule has 1 fully saturated rings. The number of carboxylic acid groups (broad SMARTS) is 1. The average Bonchev–Trinajstić information content (AvgIpc) is 2.48. The van der Waals surface area contributed by atoms with Crippen LogP contribution in [0.25, 0.3) is 0 Å². The van der Waals surface area contributed by atoms with Gasteiger partial charge < -0.3 is 15.2 Å². The summed E-state index contributed by atoms with van der Waals surface area (Å²) in [4.78, 5) is 13.2. The number of carboxylic acids is 1. The van der Waals surface area contributed by atoms with Gasteiger partial charge in [-0.2, -0.15) is 0 Å². The van der Waals surface area contributed by atoms with Crippen molar-refractivity contribution >= 4 is 5.97 Å². The molecule has 0 aliphatic carbocycles. The van der Waals surface area contributed by atoms with Gasteiger partial charge in [-0.1, -0.05) is 12.1 Å². The monoisotopic (exact) mass is 292 g/mol. The van der Waals surface area contributed by atoms with E-state index >= 15 is 0 Å². The summed E-state index contributed by atoms with van der Waals surface area (Å²) in [7, 11) is 0. The Morgan fingerprint density at radius 1 is 1.29 bits per heavy atom. The third kappa shape index (κ3) is 4.52. The van der Waals surface area contributed by atoms with Gasteiger partial charge in [-0.3, -0.25) is 4.90 Å². The molecule has 1 aliphatic rings. The standard InChI is InChI=1S/C16H24N2O3/c1-16(2,18-7-9-21-10-8-18)12-17-11-13-3-5-14(6-4-13)15(19)20/h3-6,17H,7-12H2,1-2H3,(H,19,20). The minimum atomic E-state index is -0.886. The topological polar surface area (TPSA) is 61.8 Å². The van der Waals surface area contributed by atoms with Crippen LogP contribution in [0, 0.1) is 0 Å². The van der Waals surface area contributed by atoms with E-state index in [9.17, 15) is 4.79 Å². The summed E-state index contributed by atoms with van der Waals surface area (Å²) in [5, 5.41) is 12.3. The molecule has 1 aromatic carbocycles. The summed E-state index contributed by atoms with van der Waals surface area (Å²) in [6.45, 7) is 9.66. The maximum absolute atomic E-state index is 10.8. The van der Waals surface area contributed by atoms with E-state index in [1.807, 2.05) is 12.1 Å². The lowest BCUT2D eigenvalue weighted by molar-refractivity contribution is -0.00966. The molecule has 0 bridgehead atoms. The van der Waals surface area contributed by atoms with E-state index in [0.29, 0.717) is 5.56 Å². The van der Waals surface area contributed by atoms with Crippen LogP contribution >= 0.6 is 0 Å². The van der Waals surface area contributed by atoms with E-state index in [-0.39, 0.29) is 5.54 Å². The molecule has 5 heteroatoms. The molecule has 1 aromatic rings. The number of hydrogen-bond acceptors (Lipinski definition) is 4. The van der Waals surface area contributed by atoms with Gasteiger partial charge >= 0.3 is 5.97 Å². The molecule has 21 heavy (non-hydrogen) atoms. The molecule has 5 nitrogen and oxygen atoms in total. The molecule has 1 saturated heterocycles. The van der Waals surface area contributed by atoms with E-state index in [1.54, 1.807) is 12.1 Å². The van der Waals surface area contributed by atoms with Crippen molar-refractivity contribution in [3.8, 4) is 0 Å². The highest BCUT2D eigenvalue weighted by Gasteiger charge is 2.27. The first-order valence-corrected chi connectivity index (χ1v) is 7.35. The number of morpholine rings is 1. The van der Waals surface area contributed by atoms with Gasteiger partial charge in [0, 0.05) is 31.7 Å². The van der Waals surface area contributed by atoms with Crippen molar-refractivity contribution in [3.05, 3.63) is 35.4 Å². The van der Waals surface area contributed by atoms with Gasteiger partial charge in [0.05, 0.1) is 18.8 Å².